The molecule has 1 N–H and O–H groups in total. The molecular weight excluding hydrogens is 314 g/mol. The maximum absolute atomic E-state index is 9.35. The van der Waals surface area contributed by atoms with E-state index in [0.717, 1.165) is 21.1 Å². The molecule has 0 amide bonds. The second-order valence-electron chi connectivity index (χ2n) is 4.33. The zero-order chi connectivity index (χ0) is 13.9. The summed E-state index contributed by atoms with van der Waals surface area (Å²) in [6, 6.07) is 17.7. The van der Waals surface area contributed by atoms with Crippen molar-refractivity contribution in [3.8, 4) is 6.07 Å². The van der Waals surface area contributed by atoms with E-state index in [1.54, 1.807) is 0 Å². The number of halogens is 1. The van der Waals surface area contributed by atoms with E-state index < -0.39 is 0 Å². The first kappa shape index (κ1) is 12.6. The highest BCUT2D eigenvalue weighted by atomic mass is 79.9. The molecule has 0 radical (unpaired) electrons. The topological polar surface area (TPSA) is 52.5 Å². The highest BCUT2D eigenvalue weighted by Crippen LogP contribution is 2.20. The van der Waals surface area contributed by atoms with Crippen LogP contribution < -0.4 is 0 Å². The quantitative estimate of drug-likeness (QED) is 0.711. The van der Waals surface area contributed by atoms with E-state index in [4.69, 9.17) is 0 Å². The molecule has 3 nitrogen and oxygen atoms in total. The summed E-state index contributed by atoms with van der Waals surface area (Å²) >= 11 is 3.42. The van der Waals surface area contributed by atoms with Gasteiger partial charge in [-0.15, -0.1) is 0 Å². The fourth-order valence-electron chi connectivity index (χ4n) is 2.00. The molecule has 96 valence electrons. The first-order valence-corrected chi connectivity index (χ1v) is 6.88. The summed E-state index contributed by atoms with van der Waals surface area (Å²) in [6.45, 7) is 0. The molecule has 0 unspecified atom stereocenters. The van der Waals surface area contributed by atoms with Gasteiger partial charge in [-0.25, -0.2) is 4.98 Å². The highest BCUT2D eigenvalue weighted by Gasteiger charge is 2.07. The molecule has 0 fully saturated rings. The SMILES string of the molecule is N#CC(=Cc1cccc(Br)c1)c1nc2ccccc2[nH]1. The van der Waals surface area contributed by atoms with E-state index in [2.05, 4.69) is 32.0 Å². The van der Waals surface area contributed by atoms with Gasteiger partial charge in [0.25, 0.3) is 0 Å². The first-order chi connectivity index (χ1) is 9.76. The number of H-pyrrole nitrogens is 1. The van der Waals surface area contributed by atoms with Gasteiger partial charge in [0.1, 0.15) is 11.9 Å². The summed E-state index contributed by atoms with van der Waals surface area (Å²) in [7, 11) is 0. The van der Waals surface area contributed by atoms with Gasteiger partial charge >= 0.3 is 0 Å². The van der Waals surface area contributed by atoms with Crippen molar-refractivity contribution in [2.75, 3.05) is 0 Å². The second-order valence-corrected chi connectivity index (χ2v) is 5.24. The summed E-state index contributed by atoms with van der Waals surface area (Å²) in [5.74, 6) is 0.591. The molecule has 0 spiro atoms. The standard InChI is InChI=1S/C16H10BrN3/c17-13-5-3-4-11(9-13)8-12(10-18)16-19-14-6-1-2-7-15(14)20-16/h1-9H,(H,19,20). The van der Waals surface area contributed by atoms with Gasteiger partial charge in [-0.3, -0.25) is 0 Å². The Bertz CT molecular complexity index is 807. The lowest BCUT2D eigenvalue weighted by Gasteiger charge is -1.96. The Morgan fingerprint density at radius 3 is 2.80 bits per heavy atom. The molecule has 0 aliphatic heterocycles. The smallest absolute Gasteiger partial charge is 0.149 e. The van der Waals surface area contributed by atoms with Crippen LogP contribution in [0.3, 0.4) is 0 Å². The Morgan fingerprint density at radius 2 is 2.05 bits per heavy atom. The number of para-hydroxylation sites is 2. The van der Waals surface area contributed by atoms with Crippen LogP contribution in [0.4, 0.5) is 0 Å². The largest absolute Gasteiger partial charge is 0.337 e. The van der Waals surface area contributed by atoms with Crippen molar-refractivity contribution in [1.29, 1.82) is 5.26 Å². The van der Waals surface area contributed by atoms with Crippen LogP contribution in [0.2, 0.25) is 0 Å². The van der Waals surface area contributed by atoms with Gasteiger partial charge in [-0.2, -0.15) is 5.26 Å². The minimum Gasteiger partial charge on any atom is -0.337 e. The van der Waals surface area contributed by atoms with Crippen LogP contribution in [-0.2, 0) is 0 Å². The van der Waals surface area contributed by atoms with Crippen molar-refractivity contribution < 1.29 is 0 Å². The Morgan fingerprint density at radius 1 is 1.20 bits per heavy atom. The lowest BCUT2D eigenvalue weighted by atomic mass is 10.1. The third kappa shape index (κ3) is 2.49. The average Bonchev–Trinajstić information content (AvgIpc) is 2.88. The number of allylic oxidation sites excluding steroid dienone is 1. The monoisotopic (exact) mass is 323 g/mol. The third-order valence-corrected chi connectivity index (χ3v) is 3.42. The predicted molar refractivity (Wildman–Crippen MR) is 83.7 cm³/mol. The van der Waals surface area contributed by atoms with Crippen molar-refractivity contribution >= 4 is 38.6 Å². The molecule has 3 rings (SSSR count). The summed E-state index contributed by atoms with van der Waals surface area (Å²) < 4.78 is 0.980. The van der Waals surface area contributed by atoms with Gasteiger partial charge in [0.2, 0.25) is 0 Å². The van der Waals surface area contributed by atoms with Crippen molar-refractivity contribution in [3.63, 3.8) is 0 Å². The van der Waals surface area contributed by atoms with E-state index >= 15 is 0 Å². The molecule has 0 aliphatic rings. The first-order valence-electron chi connectivity index (χ1n) is 6.09. The summed E-state index contributed by atoms with van der Waals surface area (Å²) in [6.07, 6.45) is 1.82. The van der Waals surface area contributed by atoms with E-state index in [-0.39, 0.29) is 0 Å². The number of nitrogens with zero attached hydrogens (tertiary/aromatic N) is 2. The number of hydrogen-bond donors (Lipinski definition) is 1. The van der Waals surface area contributed by atoms with Crippen LogP contribution in [0.15, 0.2) is 53.0 Å². The van der Waals surface area contributed by atoms with Crippen molar-refractivity contribution in [3.05, 3.63) is 64.4 Å². The summed E-state index contributed by atoms with van der Waals surface area (Å²) in [5.41, 5.74) is 3.26. The number of aromatic nitrogens is 2. The number of nitrogens with one attached hydrogen (secondary N) is 1. The van der Waals surface area contributed by atoms with Crippen molar-refractivity contribution in [2.45, 2.75) is 0 Å². The molecule has 1 aromatic heterocycles. The van der Waals surface area contributed by atoms with Gasteiger partial charge < -0.3 is 4.98 Å². The fraction of sp³-hybridized carbons (Fsp3) is 0. The number of rotatable bonds is 2. The maximum atomic E-state index is 9.35. The number of aromatic amines is 1. The van der Waals surface area contributed by atoms with E-state index in [1.807, 2.05) is 54.6 Å². The van der Waals surface area contributed by atoms with Crippen LogP contribution in [0.5, 0.6) is 0 Å². The molecule has 2 aromatic carbocycles. The Hall–Kier alpha value is -2.38. The van der Waals surface area contributed by atoms with Crippen LogP contribution >= 0.6 is 15.9 Å². The molecule has 20 heavy (non-hydrogen) atoms. The van der Waals surface area contributed by atoms with E-state index in [9.17, 15) is 5.26 Å². The Labute approximate surface area is 124 Å². The molecule has 0 aliphatic carbocycles. The number of imidazole rings is 1. The van der Waals surface area contributed by atoms with Crippen molar-refractivity contribution in [1.82, 2.24) is 9.97 Å². The van der Waals surface area contributed by atoms with Crippen LogP contribution in [0.1, 0.15) is 11.4 Å². The molecule has 1 heterocycles. The number of fused-ring (bicyclic) bond motifs is 1. The van der Waals surface area contributed by atoms with Gasteiger partial charge in [-0.1, -0.05) is 40.2 Å². The van der Waals surface area contributed by atoms with E-state index in [1.165, 1.54) is 0 Å². The van der Waals surface area contributed by atoms with Gasteiger partial charge in [0.15, 0.2) is 0 Å². The molecule has 0 bridgehead atoms. The van der Waals surface area contributed by atoms with Crippen LogP contribution in [-0.4, -0.2) is 9.97 Å². The number of benzene rings is 2. The minimum absolute atomic E-state index is 0.513. The Kier molecular flexibility index (Phi) is 3.36. The maximum Gasteiger partial charge on any atom is 0.149 e. The zero-order valence-corrected chi connectivity index (χ0v) is 12.1. The van der Waals surface area contributed by atoms with Crippen molar-refractivity contribution in [2.24, 2.45) is 0 Å². The van der Waals surface area contributed by atoms with Gasteiger partial charge in [0, 0.05) is 4.47 Å². The summed E-state index contributed by atoms with van der Waals surface area (Å²) in [5, 5.41) is 9.35. The van der Waals surface area contributed by atoms with Gasteiger partial charge in [-0.05, 0) is 35.9 Å². The molecule has 3 aromatic rings. The number of nitriles is 1. The normalized spacial score (nSPS) is 11.5. The van der Waals surface area contributed by atoms with E-state index in [0.29, 0.717) is 11.4 Å². The zero-order valence-electron chi connectivity index (χ0n) is 10.5. The number of hydrogen-bond acceptors (Lipinski definition) is 2. The minimum atomic E-state index is 0.513. The molecule has 4 heteroatoms. The molecular formula is C16H10BrN3. The van der Waals surface area contributed by atoms with Gasteiger partial charge in [0.05, 0.1) is 16.6 Å². The average molecular weight is 324 g/mol. The molecule has 0 atom stereocenters. The predicted octanol–water partition coefficient (Wildman–Crippen LogP) is 4.39. The molecule has 0 saturated carbocycles. The van der Waals surface area contributed by atoms with Crippen LogP contribution in [0.25, 0.3) is 22.7 Å². The lowest BCUT2D eigenvalue weighted by Crippen LogP contribution is -1.84. The lowest BCUT2D eigenvalue weighted by molar-refractivity contribution is 1.27. The summed E-state index contributed by atoms with van der Waals surface area (Å²) in [4.78, 5) is 7.61. The van der Waals surface area contributed by atoms with Crippen LogP contribution in [0, 0.1) is 11.3 Å². The second kappa shape index (κ2) is 5.32. The third-order valence-electron chi connectivity index (χ3n) is 2.92. The highest BCUT2D eigenvalue weighted by molar-refractivity contribution is 9.10. The molecule has 0 saturated heterocycles. The fourth-order valence-corrected chi connectivity index (χ4v) is 2.41. The Balaban J connectivity index is 2.07.